The lowest BCUT2D eigenvalue weighted by Crippen LogP contribution is -2.08. The molecule has 0 heterocycles. The summed E-state index contributed by atoms with van der Waals surface area (Å²) >= 11 is 0. The number of carboxylic acid groups (broad SMARTS) is 1. The molecule has 0 aromatic heterocycles. The molecule has 1 aliphatic rings. The maximum atomic E-state index is 12.7. The van der Waals surface area contributed by atoms with Gasteiger partial charge in [0.25, 0.3) is 6.47 Å². The molecule has 0 radical (unpaired) electrons. The number of carbonyl (C=O) groups is 1. The Morgan fingerprint density at radius 1 is 1.43 bits per heavy atom. The molecule has 0 amide bonds. The second kappa shape index (κ2) is 5.37. The van der Waals surface area contributed by atoms with Gasteiger partial charge in [-0.1, -0.05) is 18.6 Å². The lowest BCUT2D eigenvalue weighted by molar-refractivity contribution is -0.122. The molecule has 0 aliphatic heterocycles. The minimum atomic E-state index is -0.250. The van der Waals surface area contributed by atoms with E-state index in [4.69, 9.17) is 9.90 Å². The Kier molecular flexibility index (Phi) is 4.11. The molecule has 1 aromatic carbocycles. The third-order valence-corrected chi connectivity index (χ3v) is 2.43. The molecule has 0 spiro atoms. The normalized spacial score (nSPS) is 14.9. The van der Waals surface area contributed by atoms with E-state index in [0.717, 1.165) is 0 Å². The van der Waals surface area contributed by atoms with Crippen LogP contribution in [0.15, 0.2) is 24.3 Å². The lowest BCUT2D eigenvalue weighted by atomic mass is 9.80. The van der Waals surface area contributed by atoms with Crippen molar-refractivity contribution in [1.29, 1.82) is 0 Å². The standard InChI is InChI=1S/C10H11F.CH2O2/c11-10-6-2-5-9(7-10)8-3-1-4-8;2-1-3/h2,5-8H,1,3-4H2;1H,(H,2,3). The molecule has 1 saturated carbocycles. The van der Waals surface area contributed by atoms with Crippen LogP contribution in [-0.4, -0.2) is 11.6 Å². The highest BCUT2D eigenvalue weighted by Gasteiger charge is 2.19. The van der Waals surface area contributed by atoms with Gasteiger partial charge in [0.1, 0.15) is 5.82 Å². The zero-order valence-corrected chi connectivity index (χ0v) is 7.82. The van der Waals surface area contributed by atoms with E-state index < -0.39 is 0 Å². The molecule has 0 bridgehead atoms. The average Bonchev–Trinajstić information content (AvgIpc) is 2.02. The molecule has 14 heavy (non-hydrogen) atoms. The van der Waals surface area contributed by atoms with Crippen LogP contribution in [0.25, 0.3) is 0 Å². The van der Waals surface area contributed by atoms with Gasteiger partial charge in [0, 0.05) is 0 Å². The minimum absolute atomic E-state index is 0.102. The van der Waals surface area contributed by atoms with Crippen molar-refractivity contribution in [2.45, 2.75) is 25.2 Å². The van der Waals surface area contributed by atoms with Crippen LogP contribution in [0.1, 0.15) is 30.7 Å². The number of hydrogen-bond donors (Lipinski definition) is 1. The van der Waals surface area contributed by atoms with Crippen molar-refractivity contribution in [3.63, 3.8) is 0 Å². The second-order valence-corrected chi connectivity index (χ2v) is 3.29. The van der Waals surface area contributed by atoms with Crippen LogP contribution in [0.4, 0.5) is 4.39 Å². The predicted octanol–water partition coefficient (Wildman–Crippen LogP) is 2.79. The van der Waals surface area contributed by atoms with Gasteiger partial charge in [-0.3, -0.25) is 4.79 Å². The van der Waals surface area contributed by atoms with E-state index in [0.29, 0.717) is 5.92 Å². The summed E-state index contributed by atoms with van der Waals surface area (Å²) in [4.78, 5) is 8.36. The van der Waals surface area contributed by atoms with Crippen molar-refractivity contribution in [3.05, 3.63) is 35.6 Å². The molecule has 76 valence electrons. The van der Waals surface area contributed by atoms with E-state index in [1.807, 2.05) is 6.07 Å². The monoisotopic (exact) mass is 196 g/mol. The third-order valence-electron chi connectivity index (χ3n) is 2.43. The number of rotatable bonds is 1. The molecule has 3 heteroatoms. The summed E-state index contributed by atoms with van der Waals surface area (Å²) in [6.45, 7) is -0.250. The molecule has 1 N–H and O–H groups in total. The topological polar surface area (TPSA) is 37.3 Å². The van der Waals surface area contributed by atoms with Crippen LogP contribution in [0.3, 0.4) is 0 Å². The first-order chi connectivity index (χ1) is 6.77. The van der Waals surface area contributed by atoms with E-state index in [1.54, 1.807) is 12.1 Å². The molecule has 1 aromatic rings. The fourth-order valence-electron chi connectivity index (χ4n) is 1.50. The Morgan fingerprint density at radius 3 is 2.50 bits per heavy atom. The number of hydrogen-bond acceptors (Lipinski definition) is 1. The SMILES string of the molecule is Fc1cccc(C2CCC2)c1.O=CO. The Labute approximate surface area is 82.4 Å². The highest BCUT2D eigenvalue weighted by atomic mass is 19.1. The van der Waals surface area contributed by atoms with Gasteiger partial charge < -0.3 is 5.11 Å². The van der Waals surface area contributed by atoms with Crippen LogP contribution in [-0.2, 0) is 4.79 Å². The van der Waals surface area contributed by atoms with Crippen molar-refractivity contribution >= 4 is 6.47 Å². The quantitative estimate of drug-likeness (QED) is 0.701. The van der Waals surface area contributed by atoms with Crippen molar-refractivity contribution < 1.29 is 14.3 Å². The summed E-state index contributed by atoms with van der Waals surface area (Å²) in [5.74, 6) is 0.542. The zero-order chi connectivity index (χ0) is 10.4. The lowest BCUT2D eigenvalue weighted by Gasteiger charge is -2.25. The molecule has 0 saturated heterocycles. The van der Waals surface area contributed by atoms with E-state index in [2.05, 4.69) is 0 Å². The summed E-state index contributed by atoms with van der Waals surface area (Å²) < 4.78 is 12.7. The maximum Gasteiger partial charge on any atom is 0.290 e. The Balaban J connectivity index is 0.000000293. The van der Waals surface area contributed by atoms with Gasteiger partial charge in [0.15, 0.2) is 0 Å². The van der Waals surface area contributed by atoms with Crippen molar-refractivity contribution in [1.82, 2.24) is 0 Å². The van der Waals surface area contributed by atoms with Crippen molar-refractivity contribution in [2.24, 2.45) is 0 Å². The average molecular weight is 196 g/mol. The first-order valence-corrected chi connectivity index (χ1v) is 4.61. The first-order valence-electron chi connectivity index (χ1n) is 4.61. The highest BCUT2D eigenvalue weighted by Crippen LogP contribution is 2.36. The van der Waals surface area contributed by atoms with Crippen LogP contribution in [0.5, 0.6) is 0 Å². The Bertz CT molecular complexity index is 295. The summed E-state index contributed by atoms with van der Waals surface area (Å²) in [7, 11) is 0. The summed E-state index contributed by atoms with van der Waals surface area (Å²) in [5.41, 5.74) is 1.18. The van der Waals surface area contributed by atoms with Gasteiger partial charge in [-0.05, 0) is 36.5 Å². The Morgan fingerprint density at radius 2 is 2.07 bits per heavy atom. The van der Waals surface area contributed by atoms with Gasteiger partial charge in [-0.2, -0.15) is 0 Å². The molecule has 2 rings (SSSR count). The van der Waals surface area contributed by atoms with E-state index in [1.165, 1.54) is 30.9 Å². The highest BCUT2D eigenvalue weighted by molar-refractivity contribution is 5.32. The van der Waals surface area contributed by atoms with Gasteiger partial charge >= 0.3 is 0 Å². The number of benzene rings is 1. The summed E-state index contributed by atoms with van der Waals surface area (Å²) in [6.07, 6.45) is 3.79. The largest absolute Gasteiger partial charge is 0.483 e. The fraction of sp³-hybridized carbons (Fsp3) is 0.364. The van der Waals surface area contributed by atoms with Gasteiger partial charge in [0.2, 0.25) is 0 Å². The molecule has 1 aliphatic carbocycles. The van der Waals surface area contributed by atoms with Crippen molar-refractivity contribution in [2.75, 3.05) is 0 Å². The predicted molar refractivity (Wildman–Crippen MR) is 51.7 cm³/mol. The van der Waals surface area contributed by atoms with Crippen LogP contribution in [0, 0.1) is 5.82 Å². The summed E-state index contributed by atoms with van der Waals surface area (Å²) in [5, 5.41) is 6.89. The summed E-state index contributed by atoms with van der Waals surface area (Å²) in [6, 6.07) is 6.97. The molecule has 0 unspecified atom stereocenters. The Hall–Kier alpha value is -1.38. The molecule has 1 fully saturated rings. The zero-order valence-electron chi connectivity index (χ0n) is 7.82. The molecule has 0 atom stereocenters. The smallest absolute Gasteiger partial charge is 0.290 e. The number of halogens is 1. The minimum Gasteiger partial charge on any atom is -0.483 e. The van der Waals surface area contributed by atoms with Crippen molar-refractivity contribution in [3.8, 4) is 0 Å². The van der Waals surface area contributed by atoms with E-state index in [9.17, 15) is 4.39 Å². The van der Waals surface area contributed by atoms with Gasteiger partial charge in [0.05, 0.1) is 0 Å². The van der Waals surface area contributed by atoms with Crippen LogP contribution < -0.4 is 0 Å². The first kappa shape index (κ1) is 10.7. The molecular formula is C11H13FO2. The molecular weight excluding hydrogens is 183 g/mol. The van der Waals surface area contributed by atoms with Crippen LogP contribution >= 0.6 is 0 Å². The molecule has 2 nitrogen and oxygen atoms in total. The van der Waals surface area contributed by atoms with E-state index in [-0.39, 0.29) is 12.3 Å². The van der Waals surface area contributed by atoms with Crippen LogP contribution in [0.2, 0.25) is 0 Å². The fourth-order valence-corrected chi connectivity index (χ4v) is 1.50. The second-order valence-electron chi connectivity index (χ2n) is 3.29. The third kappa shape index (κ3) is 2.83. The van der Waals surface area contributed by atoms with E-state index >= 15 is 0 Å². The van der Waals surface area contributed by atoms with Gasteiger partial charge in [-0.15, -0.1) is 0 Å². The maximum absolute atomic E-state index is 12.7. The van der Waals surface area contributed by atoms with Gasteiger partial charge in [-0.25, -0.2) is 4.39 Å².